The Balaban J connectivity index is 2.18. The Bertz CT molecular complexity index is 472. The molecule has 2 rings (SSSR count). The Morgan fingerprint density at radius 1 is 1.50 bits per heavy atom. The number of benzene rings is 1. The van der Waals surface area contributed by atoms with Crippen LogP contribution in [0.25, 0.3) is 0 Å². The van der Waals surface area contributed by atoms with Crippen LogP contribution in [0, 0.1) is 5.82 Å². The molecule has 0 bridgehead atoms. The van der Waals surface area contributed by atoms with Crippen LogP contribution in [0.15, 0.2) is 24.5 Å². The average molecular weight is 241 g/mol. The molecule has 16 heavy (non-hydrogen) atoms. The fraction of sp³-hybridized carbons (Fsp3) is 0.200. The Labute approximate surface area is 96.6 Å². The lowest BCUT2D eigenvalue weighted by molar-refractivity contribution is 0.585. The number of nitrogens with two attached hydrogens (primary N) is 1. The van der Waals surface area contributed by atoms with E-state index in [0.717, 1.165) is 0 Å². The summed E-state index contributed by atoms with van der Waals surface area (Å²) in [6.07, 6.45) is 1.69. The number of aromatic amines is 1. The van der Waals surface area contributed by atoms with Crippen molar-refractivity contribution >= 4 is 11.6 Å². The lowest BCUT2D eigenvalue weighted by Crippen LogP contribution is -2.15. The van der Waals surface area contributed by atoms with E-state index in [0.29, 0.717) is 17.8 Å². The zero-order valence-corrected chi connectivity index (χ0v) is 9.08. The van der Waals surface area contributed by atoms with Crippen molar-refractivity contribution in [2.45, 2.75) is 12.5 Å². The van der Waals surface area contributed by atoms with E-state index >= 15 is 0 Å². The van der Waals surface area contributed by atoms with Crippen molar-refractivity contribution in [2.75, 3.05) is 0 Å². The third kappa shape index (κ3) is 2.20. The second-order valence-electron chi connectivity index (χ2n) is 3.39. The molecule has 4 nitrogen and oxygen atoms in total. The second kappa shape index (κ2) is 4.59. The summed E-state index contributed by atoms with van der Waals surface area (Å²) >= 11 is 5.67. The zero-order chi connectivity index (χ0) is 11.5. The number of rotatable bonds is 3. The zero-order valence-electron chi connectivity index (χ0n) is 8.32. The summed E-state index contributed by atoms with van der Waals surface area (Å²) in [6, 6.07) is 4.42. The highest BCUT2D eigenvalue weighted by Crippen LogP contribution is 2.21. The summed E-state index contributed by atoms with van der Waals surface area (Å²) in [6.45, 7) is 0. The number of hydrogen-bond donors (Lipinski definition) is 2. The Morgan fingerprint density at radius 3 is 3.00 bits per heavy atom. The van der Waals surface area contributed by atoms with E-state index in [1.807, 2.05) is 0 Å². The van der Waals surface area contributed by atoms with Crippen molar-refractivity contribution in [3.8, 4) is 0 Å². The van der Waals surface area contributed by atoms with Crippen LogP contribution >= 0.6 is 11.6 Å². The Kier molecular flexibility index (Phi) is 3.17. The first kappa shape index (κ1) is 11.0. The molecule has 2 aromatic rings. The number of nitrogens with one attached hydrogen (secondary N) is 1. The molecule has 0 fully saturated rings. The van der Waals surface area contributed by atoms with Crippen LogP contribution in [0.3, 0.4) is 0 Å². The molecule has 6 heteroatoms. The maximum Gasteiger partial charge on any atom is 0.145 e. The fourth-order valence-electron chi connectivity index (χ4n) is 1.43. The molecule has 3 N–H and O–H groups in total. The highest BCUT2D eigenvalue weighted by molar-refractivity contribution is 6.30. The molecular weight excluding hydrogens is 231 g/mol. The molecule has 1 heterocycles. The first-order chi connectivity index (χ1) is 7.68. The van der Waals surface area contributed by atoms with Gasteiger partial charge in [-0.15, -0.1) is 0 Å². The van der Waals surface area contributed by atoms with Gasteiger partial charge in [-0.25, -0.2) is 9.37 Å². The van der Waals surface area contributed by atoms with E-state index in [1.54, 1.807) is 12.1 Å². The van der Waals surface area contributed by atoms with Gasteiger partial charge in [-0.2, -0.15) is 5.10 Å². The average Bonchev–Trinajstić information content (AvgIpc) is 2.78. The van der Waals surface area contributed by atoms with Crippen molar-refractivity contribution in [3.63, 3.8) is 0 Å². The highest BCUT2D eigenvalue weighted by atomic mass is 35.5. The first-order valence-corrected chi connectivity index (χ1v) is 5.10. The Morgan fingerprint density at radius 2 is 2.31 bits per heavy atom. The van der Waals surface area contributed by atoms with Crippen LogP contribution in [-0.4, -0.2) is 15.2 Å². The van der Waals surface area contributed by atoms with E-state index in [9.17, 15) is 4.39 Å². The van der Waals surface area contributed by atoms with Gasteiger partial charge in [-0.05, 0) is 18.1 Å². The molecule has 0 aliphatic carbocycles. The van der Waals surface area contributed by atoms with Crippen molar-refractivity contribution < 1.29 is 4.39 Å². The lowest BCUT2D eigenvalue weighted by atomic mass is 10.1. The highest BCUT2D eigenvalue weighted by Gasteiger charge is 2.13. The van der Waals surface area contributed by atoms with Crippen LogP contribution in [0.1, 0.15) is 17.4 Å². The number of hydrogen-bond acceptors (Lipinski definition) is 3. The van der Waals surface area contributed by atoms with Crippen LogP contribution < -0.4 is 5.73 Å². The summed E-state index contributed by atoms with van der Waals surface area (Å²) in [5.41, 5.74) is 6.32. The van der Waals surface area contributed by atoms with Crippen molar-refractivity contribution in [2.24, 2.45) is 5.73 Å². The van der Waals surface area contributed by atoms with Gasteiger partial charge in [0.25, 0.3) is 0 Å². The topological polar surface area (TPSA) is 67.6 Å². The number of halogens is 2. The monoisotopic (exact) mass is 240 g/mol. The van der Waals surface area contributed by atoms with Gasteiger partial charge in [0.15, 0.2) is 0 Å². The van der Waals surface area contributed by atoms with Crippen LogP contribution in [0.4, 0.5) is 4.39 Å². The molecule has 0 aliphatic heterocycles. The molecule has 1 aromatic heterocycles. The summed E-state index contributed by atoms with van der Waals surface area (Å²) in [4.78, 5) is 3.92. The van der Waals surface area contributed by atoms with Gasteiger partial charge in [-0.1, -0.05) is 23.7 Å². The summed E-state index contributed by atoms with van der Waals surface area (Å²) < 4.78 is 13.6. The normalized spacial score (nSPS) is 12.7. The predicted molar refractivity (Wildman–Crippen MR) is 58.4 cm³/mol. The van der Waals surface area contributed by atoms with Gasteiger partial charge in [0.1, 0.15) is 18.0 Å². The summed E-state index contributed by atoms with van der Waals surface area (Å²) in [7, 11) is 0. The van der Waals surface area contributed by atoms with Gasteiger partial charge >= 0.3 is 0 Å². The standard InChI is InChI=1S/C10H10ClFN4/c11-7-3-1-2-6(9(7)12)4-8(13)10-14-5-15-16-10/h1-3,5,8H,4,13H2,(H,14,15,16). The smallest absolute Gasteiger partial charge is 0.145 e. The SMILES string of the molecule is NC(Cc1cccc(Cl)c1F)c1ncn[nH]1. The van der Waals surface area contributed by atoms with E-state index < -0.39 is 11.9 Å². The van der Waals surface area contributed by atoms with Crippen LogP contribution in [0.5, 0.6) is 0 Å². The largest absolute Gasteiger partial charge is 0.321 e. The molecule has 0 radical (unpaired) electrons. The molecule has 1 atom stereocenters. The lowest BCUT2D eigenvalue weighted by Gasteiger charge is -2.09. The third-order valence-corrected chi connectivity index (χ3v) is 2.55. The minimum atomic E-state index is -0.431. The molecule has 0 spiro atoms. The van der Waals surface area contributed by atoms with E-state index in [4.69, 9.17) is 17.3 Å². The number of H-pyrrole nitrogens is 1. The number of aromatic nitrogens is 3. The number of nitrogens with zero attached hydrogens (tertiary/aromatic N) is 2. The molecule has 0 aliphatic rings. The molecular formula is C10H10ClFN4. The van der Waals surface area contributed by atoms with Crippen molar-refractivity contribution in [1.29, 1.82) is 0 Å². The van der Waals surface area contributed by atoms with Gasteiger partial charge in [0, 0.05) is 0 Å². The second-order valence-corrected chi connectivity index (χ2v) is 3.80. The van der Waals surface area contributed by atoms with Gasteiger partial charge in [-0.3, -0.25) is 5.10 Å². The molecule has 84 valence electrons. The maximum atomic E-state index is 13.6. The van der Waals surface area contributed by atoms with Gasteiger partial charge < -0.3 is 5.73 Å². The minimum absolute atomic E-state index is 0.0993. The Hall–Kier alpha value is -1.46. The molecule has 0 saturated heterocycles. The fourth-order valence-corrected chi connectivity index (χ4v) is 1.63. The third-order valence-electron chi connectivity index (χ3n) is 2.26. The van der Waals surface area contributed by atoms with E-state index in [2.05, 4.69) is 15.2 Å². The summed E-state index contributed by atoms with van der Waals surface area (Å²) in [5, 5.41) is 6.44. The van der Waals surface area contributed by atoms with E-state index in [-0.39, 0.29) is 5.02 Å². The van der Waals surface area contributed by atoms with Crippen molar-refractivity contribution in [3.05, 3.63) is 46.8 Å². The maximum absolute atomic E-state index is 13.6. The molecule has 1 aromatic carbocycles. The molecule has 0 saturated carbocycles. The molecule has 0 amide bonds. The summed E-state index contributed by atoms with van der Waals surface area (Å²) in [5.74, 6) is 0.0958. The first-order valence-electron chi connectivity index (χ1n) is 4.72. The minimum Gasteiger partial charge on any atom is -0.321 e. The van der Waals surface area contributed by atoms with Crippen LogP contribution in [-0.2, 0) is 6.42 Å². The van der Waals surface area contributed by atoms with Crippen molar-refractivity contribution in [1.82, 2.24) is 15.2 Å². The quantitative estimate of drug-likeness (QED) is 0.860. The molecule has 1 unspecified atom stereocenters. The van der Waals surface area contributed by atoms with Gasteiger partial charge in [0.2, 0.25) is 0 Å². The predicted octanol–water partition coefficient (Wildman–Crippen LogP) is 1.84. The van der Waals surface area contributed by atoms with Crippen LogP contribution in [0.2, 0.25) is 5.02 Å². The van der Waals surface area contributed by atoms with Gasteiger partial charge in [0.05, 0.1) is 11.1 Å². The van der Waals surface area contributed by atoms with E-state index in [1.165, 1.54) is 12.4 Å².